The van der Waals surface area contributed by atoms with Gasteiger partial charge in [-0.15, -0.1) is 11.3 Å². The monoisotopic (exact) mass is 419 g/mol. The molecule has 0 aliphatic carbocycles. The Hall–Kier alpha value is -3.12. The number of nitrogens with one attached hydrogen (secondary N) is 2. The highest BCUT2D eigenvalue weighted by Crippen LogP contribution is 2.28. The summed E-state index contributed by atoms with van der Waals surface area (Å²) in [4.78, 5) is 28.2. The van der Waals surface area contributed by atoms with E-state index in [4.69, 9.17) is 0 Å². The van der Waals surface area contributed by atoms with E-state index in [0.29, 0.717) is 18.7 Å². The highest BCUT2D eigenvalue weighted by molar-refractivity contribution is 7.09. The van der Waals surface area contributed by atoms with E-state index < -0.39 is 0 Å². The number of piperidine rings is 1. The SMILES string of the molecule is O=C(NCc1cccs1)c1cccc([C@@H]2CCCN(C(=O)Nc3ccccc3)C2)c1. The third-order valence-electron chi connectivity index (χ3n) is 5.36. The van der Waals surface area contributed by atoms with Crippen molar-refractivity contribution < 1.29 is 9.59 Å². The summed E-state index contributed by atoms with van der Waals surface area (Å²) in [5, 5.41) is 7.95. The molecule has 6 heteroatoms. The van der Waals surface area contributed by atoms with Crippen LogP contribution >= 0.6 is 11.3 Å². The first-order valence-corrected chi connectivity index (χ1v) is 11.1. The van der Waals surface area contributed by atoms with Crippen molar-refractivity contribution in [3.05, 3.63) is 88.1 Å². The number of benzene rings is 2. The minimum Gasteiger partial charge on any atom is -0.347 e. The zero-order valence-electron chi connectivity index (χ0n) is 16.7. The van der Waals surface area contributed by atoms with Crippen molar-refractivity contribution in [2.45, 2.75) is 25.3 Å². The summed E-state index contributed by atoms with van der Waals surface area (Å²) in [6.45, 7) is 1.94. The molecule has 1 aliphatic rings. The lowest BCUT2D eigenvalue weighted by Gasteiger charge is -2.33. The first-order chi connectivity index (χ1) is 14.7. The van der Waals surface area contributed by atoms with E-state index in [2.05, 4.69) is 16.7 Å². The molecule has 1 fully saturated rings. The number of carbonyl (C=O) groups excluding carboxylic acids is 2. The normalized spacial score (nSPS) is 16.1. The lowest BCUT2D eigenvalue weighted by molar-refractivity contribution is 0.0951. The number of nitrogens with zero attached hydrogens (tertiary/aromatic N) is 1. The Kier molecular flexibility index (Phi) is 6.44. The number of thiophene rings is 1. The summed E-state index contributed by atoms with van der Waals surface area (Å²) < 4.78 is 0. The molecule has 154 valence electrons. The lowest BCUT2D eigenvalue weighted by Crippen LogP contribution is -2.41. The summed E-state index contributed by atoms with van der Waals surface area (Å²) >= 11 is 1.63. The second-order valence-corrected chi connectivity index (χ2v) is 8.50. The highest BCUT2D eigenvalue weighted by atomic mass is 32.1. The van der Waals surface area contributed by atoms with Gasteiger partial charge < -0.3 is 15.5 Å². The molecule has 1 aliphatic heterocycles. The van der Waals surface area contributed by atoms with Crippen LogP contribution in [0.15, 0.2) is 72.1 Å². The summed E-state index contributed by atoms with van der Waals surface area (Å²) in [7, 11) is 0. The molecular weight excluding hydrogens is 394 g/mol. The highest BCUT2D eigenvalue weighted by Gasteiger charge is 2.25. The molecular formula is C24H25N3O2S. The number of carbonyl (C=O) groups is 2. The fourth-order valence-corrected chi connectivity index (χ4v) is 4.42. The molecule has 2 N–H and O–H groups in total. The average Bonchev–Trinajstić information content (AvgIpc) is 3.32. The minimum absolute atomic E-state index is 0.0697. The van der Waals surface area contributed by atoms with E-state index in [1.165, 1.54) is 0 Å². The third kappa shape index (κ3) is 5.07. The van der Waals surface area contributed by atoms with Crippen LogP contribution in [0.1, 0.15) is 39.6 Å². The molecule has 2 heterocycles. The molecule has 3 aromatic rings. The molecule has 5 nitrogen and oxygen atoms in total. The summed E-state index contributed by atoms with van der Waals surface area (Å²) in [5.41, 5.74) is 2.57. The van der Waals surface area contributed by atoms with Gasteiger partial charge in [-0.2, -0.15) is 0 Å². The van der Waals surface area contributed by atoms with Crippen molar-refractivity contribution in [2.24, 2.45) is 0 Å². The van der Waals surface area contributed by atoms with Crippen LogP contribution < -0.4 is 10.6 Å². The Morgan fingerprint density at radius 3 is 2.70 bits per heavy atom. The second-order valence-electron chi connectivity index (χ2n) is 7.47. The largest absolute Gasteiger partial charge is 0.347 e. The standard InChI is InChI=1S/C24H25N3O2S/c28-23(25-16-22-12-6-14-30-22)19-8-4-7-18(15-19)20-9-5-13-27(17-20)24(29)26-21-10-2-1-3-11-21/h1-4,6-8,10-12,14-15,20H,5,9,13,16-17H2,(H,25,28)(H,26,29)/t20-/m1/s1. The topological polar surface area (TPSA) is 61.4 Å². The number of hydrogen-bond acceptors (Lipinski definition) is 3. The lowest BCUT2D eigenvalue weighted by atomic mass is 9.89. The van der Waals surface area contributed by atoms with Crippen LogP contribution in [0.25, 0.3) is 0 Å². The van der Waals surface area contributed by atoms with Crippen molar-refractivity contribution >= 4 is 29.0 Å². The molecule has 0 bridgehead atoms. The average molecular weight is 420 g/mol. The van der Waals surface area contributed by atoms with Gasteiger partial charge in [-0.05, 0) is 54.1 Å². The van der Waals surface area contributed by atoms with Gasteiger partial charge in [-0.3, -0.25) is 4.79 Å². The van der Waals surface area contributed by atoms with Crippen molar-refractivity contribution in [3.63, 3.8) is 0 Å². The maximum atomic E-state index is 12.7. The van der Waals surface area contributed by atoms with E-state index in [-0.39, 0.29) is 17.9 Å². The zero-order chi connectivity index (χ0) is 20.8. The summed E-state index contributed by atoms with van der Waals surface area (Å²) in [5.74, 6) is 0.157. The molecule has 0 unspecified atom stereocenters. The van der Waals surface area contributed by atoms with E-state index >= 15 is 0 Å². The molecule has 3 amide bonds. The molecule has 4 rings (SSSR count). The molecule has 0 saturated carbocycles. The summed E-state index contributed by atoms with van der Waals surface area (Å²) in [6.07, 6.45) is 1.96. The Bertz CT molecular complexity index is 989. The maximum Gasteiger partial charge on any atom is 0.321 e. The number of urea groups is 1. The van der Waals surface area contributed by atoms with E-state index in [0.717, 1.165) is 35.5 Å². The van der Waals surface area contributed by atoms with Crippen LogP contribution in [0.5, 0.6) is 0 Å². The molecule has 0 radical (unpaired) electrons. The first-order valence-electron chi connectivity index (χ1n) is 10.2. The van der Waals surface area contributed by atoms with Crippen LogP contribution in [0.3, 0.4) is 0 Å². The van der Waals surface area contributed by atoms with Crippen LogP contribution in [-0.4, -0.2) is 29.9 Å². The molecule has 2 aromatic carbocycles. The minimum atomic E-state index is -0.0734. The molecule has 1 atom stereocenters. The number of amides is 3. The molecule has 0 spiro atoms. The van der Waals surface area contributed by atoms with E-state index in [9.17, 15) is 9.59 Å². The van der Waals surface area contributed by atoms with Gasteiger partial charge in [0.1, 0.15) is 0 Å². The van der Waals surface area contributed by atoms with Gasteiger partial charge in [0, 0.05) is 35.1 Å². The van der Waals surface area contributed by atoms with Crippen molar-refractivity contribution in [1.82, 2.24) is 10.2 Å². The van der Waals surface area contributed by atoms with Gasteiger partial charge in [0.25, 0.3) is 5.91 Å². The Morgan fingerprint density at radius 1 is 1.03 bits per heavy atom. The van der Waals surface area contributed by atoms with Crippen molar-refractivity contribution in [3.8, 4) is 0 Å². The number of hydrogen-bond donors (Lipinski definition) is 2. The number of anilines is 1. The van der Waals surface area contributed by atoms with Crippen LogP contribution in [0, 0.1) is 0 Å². The van der Waals surface area contributed by atoms with Crippen molar-refractivity contribution in [2.75, 3.05) is 18.4 Å². The number of para-hydroxylation sites is 1. The van der Waals surface area contributed by atoms with Gasteiger partial charge in [-0.25, -0.2) is 4.79 Å². The zero-order valence-corrected chi connectivity index (χ0v) is 17.5. The van der Waals surface area contributed by atoms with Crippen LogP contribution in [0.4, 0.5) is 10.5 Å². The first kappa shape index (κ1) is 20.2. The fraction of sp³-hybridized carbons (Fsp3) is 0.250. The molecule has 30 heavy (non-hydrogen) atoms. The maximum absolute atomic E-state index is 12.7. The second kappa shape index (κ2) is 9.59. The van der Waals surface area contributed by atoms with Gasteiger partial charge in [0.2, 0.25) is 0 Å². The predicted molar refractivity (Wildman–Crippen MR) is 121 cm³/mol. The van der Waals surface area contributed by atoms with Crippen LogP contribution in [-0.2, 0) is 6.54 Å². The molecule has 1 aromatic heterocycles. The van der Waals surface area contributed by atoms with Gasteiger partial charge in [0.15, 0.2) is 0 Å². The Labute approximate surface area is 180 Å². The fourth-order valence-electron chi connectivity index (χ4n) is 3.77. The van der Waals surface area contributed by atoms with Gasteiger partial charge in [0.05, 0.1) is 6.54 Å². The van der Waals surface area contributed by atoms with Crippen LogP contribution in [0.2, 0.25) is 0 Å². The Morgan fingerprint density at radius 2 is 1.90 bits per heavy atom. The van der Waals surface area contributed by atoms with E-state index in [1.807, 2.05) is 70.9 Å². The molecule has 1 saturated heterocycles. The number of likely N-dealkylation sites (tertiary alicyclic amines) is 1. The predicted octanol–water partition coefficient (Wildman–Crippen LogP) is 5.09. The Balaban J connectivity index is 1.39. The van der Waals surface area contributed by atoms with E-state index in [1.54, 1.807) is 11.3 Å². The smallest absolute Gasteiger partial charge is 0.321 e. The quantitative estimate of drug-likeness (QED) is 0.605. The van der Waals surface area contributed by atoms with Crippen molar-refractivity contribution in [1.29, 1.82) is 0 Å². The van der Waals surface area contributed by atoms with Gasteiger partial charge >= 0.3 is 6.03 Å². The number of rotatable bonds is 5. The summed E-state index contributed by atoms with van der Waals surface area (Å²) in [6, 6.07) is 21.2. The third-order valence-corrected chi connectivity index (χ3v) is 6.23. The van der Waals surface area contributed by atoms with Gasteiger partial charge in [-0.1, -0.05) is 36.4 Å².